The van der Waals surface area contributed by atoms with E-state index >= 15 is 0 Å². The molecule has 2 aliphatic heterocycles. The minimum absolute atomic E-state index is 0.242. The Bertz CT molecular complexity index is 638. The van der Waals surface area contributed by atoms with E-state index in [0.29, 0.717) is 18.0 Å². The number of nitrogens with zero attached hydrogens (tertiary/aromatic N) is 1. The highest BCUT2D eigenvalue weighted by Gasteiger charge is 2.30. The predicted molar refractivity (Wildman–Crippen MR) is 85.0 cm³/mol. The summed E-state index contributed by atoms with van der Waals surface area (Å²) >= 11 is 0. The van der Waals surface area contributed by atoms with Crippen LogP contribution in [0.1, 0.15) is 38.7 Å². The highest BCUT2D eigenvalue weighted by molar-refractivity contribution is 7.89. The van der Waals surface area contributed by atoms with Crippen molar-refractivity contribution >= 4 is 15.7 Å². The Kier molecular flexibility index (Phi) is 3.74. The normalized spacial score (nSPS) is 22.4. The molecule has 0 spiro atoms. The number of rotatable bonds is 2. The van der Waals surface area contributed by atoms with Crippen LogP contribution in [-0.2, 0) is 16.4 Å². The molecule has 1 aromatic carbocycles. The first kappa shape index (κ1) is 14.9. The molecule has 2 heterocycles. The van der Waals surface area contributed by atoms with Crippen LogP contribution < -0.4 is 5.32 Å². The van der Waals surface area contributed by atoms with Crippen molar-refractivity contribution in [1.29, 1.82) is 0 Å². The molecule has 0 bridgehead atoms. The molecule has 0 aromatic heterocycles. The summed E-state index contributed by atoms with van der Waals surface area (Å²) in [5.74, 6) is 0. The summed E-state index contributed by atoms with van der Waals surface area (Å²) in [6, 6.07) is 5.49. The molecule has 1 saturated heterocycles. The standard InChI is InChI=1S/C16H24N2O2S/c1-16(2)7-3-10-18(11-8-16)21(19,20)14-4-5-15-13(12-14)6-9-17-15/h4-5,12,17H,3,6-11H2,1-2H3. The van der Waals surface area contributed by atoms with Crippen LogP contribution in [-0.4, -0.2) is 32.4 Å². The van der Waals surface area contributed by atoms with Gasteiger partial charge in [-0.25, -0.2) is 8.42 Å². The molecular weight excluding hydrogens is 284 g/mol. The maximum atomic E-state index is 12.9. The molecule has 0 radical (unpaired) electrons. The minimum atomic E-state index is -3.35. The van der Waals surface area contributed by atoms with Crippen molar-refractivity contribution < 1.29 is 8.42 Å². The Hall–Kier alpha value is -1.07. The molecule has 0 unspecified atom stereocenters. The van der Waals surface area contributed by atoms with E-state index in [1.54, 1.807) is 10.4 Å². The number of nitrogens with one attached hydrogen (secondary N) is 1. The largest absolute Gasteiger partial charge is 0.384 e. The monoisotopic (exact) mass is 308 g/mol. The molecule has 1 N–H and O–H groups in total. The average Bonchev–Trinajstić information content (AvgIpc) is 2.81. The van der Waals surface area contributed by atoms with Crippen molar-refractivity contribution in [3.63, 3.8) is 0 Å². The second-order valence-corrected chi connectivity index (χ2v) is 8.86. The molecule has 0 amide bonds. The Balaban J connectivity index is 1.86. The Morgan fingerprint density at radius 3 is 2.81 bits per heavy atom. The zero-order chi connectivity index (χ0) is 15.1. The third-order valence-electron chi connectivity index (χ3n) is 4.72. The van der Waals surface area contributed by atoms with Crippen molar-refractivity contribution in [1.82, 2.24) is 4.31 Å². The van der Waals surface area contributed by atoms with Crippen molar-refractivity contribution in [2.24, 2.45) is 5.41 Å². The SMILES string of the molecule is CC1(C)CCCN(S(=O)(=O)c2ccc3c(c2)CCN3)CC1. The van der Waals surface area contributed by atoms with E-state index in [1.807, 2.05) is 12.1 Å². The number of sulfonamides is 1. The van der Waals surface area contributed by atoms with E-state index < -0.39 is 10.0 Å². The summed E-state index contributed by atoms with van der Waals surface area (Å²) in [5.41, 5.74) is 2.43. The van der Waals surface area contributed by atoms with Crippen molar-refractivity contribution in [3.05, 3.63) is 23.8 Å². The van der Waals surface area contributed by atoms with Crippen LogP contribution in [0, 0.1) is 5.41 Å². The smallest absolute Gasteiger partial charge is 0.243 e. The number of benzene rings is 1. The molecule has 0 atom stereocenters. The van der Waals surface area contributed by atoms with E-state index in [9.17, 15) is 8.42 Å². The molecule has 2 aliphatic rings. The van der Waals surface area contributed by atoms with Crippen LogP contribution in [0.5, 0.6) is 0 Å². The highest BCUT2D eigenvalue weighted by atomic mass is 32.2. The van der Waals surface area contributed by atoms with E-state index in [4.69, 9.17) is 0 Å². The topological polar surface area (TPSA) is 49.4 Å². The minimum Gasteiger partial charge on any atom is -0.384 e. The lowest BCUT2D eigenvalue weighted by Crippen LogP contribution is -2.32. The Morgan fingerprint density at radius 1 is 1.19 bits per heavy atom. The first-order chi connectivity index (χ1) is 9.88. The van der Waals surface area contributed by atoms with Gasteiger partial charge in [0.1, 0.15) is 0 Å². The van der Waals surface area contributed by atoms with Crippen molar-refractivity contribution in [2.75, 3.05) is 25.0 Å². The maximum Gasteiger partial charge on any atom is 0.243 e. The van der Waals surface area contributed by atoms with Gasteiger partial charge in [0.2, 0.25) is 10.0 Å². The van der Waals surface area contributed by atoms with Crippen LogP contribution in [0.3, 0.4) is 0 Å². The first-order valence-corrected chi connectivity index (χ1v) is 9.19. The zero-order valence-electron chi connectivity index (χ0n) is 12.9. The van der Waals surface area contributed by atoms with Crippen LogP contribution in [0.15, 0.2) is 23.1 Å². The van der Waals surface area contributed by atoms with E-state index in [0.717, 1.165) is 43.5 Å². The third kappa shape index (κ3) is 2.94. The summed E-state index contributed by atoms with van der Waals surface area (Å²) in [6.07, 6.45) is 3.87. The Labute approximate surface area is 127 Å². The van der Waals surface area contributed by atoms with Gasteiger partial charge in [-0.15, -0.1) is 0 Å². The molecule has 0 saturated carbocycles. The van der Waals surface area contributed by atoms with E-state index in [2.05, 4.69) is 19.2 Å². The fraction of sp³-hybridized carbons (Fsp3) is 0.625. The fourth-order valence-corrected chi connectivity index (χ4v) is 4.76. The molecule has 21 heavy (non-hydrogen) atoms. The second-order valence-electron chi connectivity index (χ2n) is 6.92. The van der Waals surface area contributed by atoms with Gasteiger partial charge in [0.15, 0.2) is 0 Å². The molecule has 4 nitrogen and oxygen atoms in total. The number of fused-ring (bicyclic) bond motifs is 1. The van der Waals surface area contributed by atoms with Gasteiger partial charge in [-0.05, 0) is 54.9 Å². The van der Waals surface area contributed by atoms with Gasteiger partial charge in [-0.3, -0.25) is 0 Å². The highest BCUT2D eigenvalue weighted by Crippen LogP contribution is 2.33. The zero-order valence-corrected chi connectivity index (χ0v) is 13.7. The molecule has 1 fully saturated rings. The van der Waals surface area contributed by atoms with Gasteiger partial charge >= 0.3 is 0 Å². The van der Waals surface area contributed by atoms with Gasteiger partial charge in [0, 0.05) is 25.3 Å². The van der Waals surface area contributed by atoms with Gasteiger partial charge in [0.05, 0.1) is 4.90 Å². The lowest BCUT2D eigenvalue weighted by atomic mass is 9.85. The summed E-state index contributed by atoms with van der Waals surface area (Å²) in [6.45, 7) is 6.62. The van der Waals surface area contributed by atoms with Crippen LogP contribution in [0.25, 0.3) is 0 Å². The predicted octanol–water partition coefficient (Wildman–Crippen LogP) is 2.86. The van der Waals surface area contributed by atoms with Gasteiger partial charge in [-0.2, -0.15) is 4.31 Å². The number of hydrogen-bond acceptors (Lipinski definition) is 3. The Morgan fingerprint density at radius 2 is 2.00 bits per heavy atom. The summed E-state index contributed by atoms with van der Waals surface area (Å²) in [7, 11) is -3.35. The van der Waals surface area contributed by atoms with Crippen LogP contribution >= 0.6 is 0 Å². The van der Waals surface area contributed by atoms with Crippen molar-refractivity contribution in [2.45, 2.75) is 44.4 Å². The fourth-order valence-electron chi connectivity index (χ4n) is 3.23. The van der Waals surface area contributed by atoms with Crippen LogP contribution in [0.4, 0.5) is 5.69 Å². The lowest BCUT2D eigenvalue weighted by molar-refractivity contribution is 0.315. The summed E-state index contributed by atoms with van der Waals surface area (Å²) < 4.78 is 27.4. The number of hydrogen-bond donors (Lipinski definition) is 1. The van der Waals surface area contributed by atoms with Gasteiger partial charge in [0.25, 0.3) is 0 Å². The van der Waals surface area contributed by atoms with E-state index in [-0.39, 0.29) is 5.41 Å². The lowest BCUT2D eigenvalue weighted by Gasteiger charge is -2.23. The summed E-state index contributed by atoms with van der Waals surface area (Å²) in [5, 5.41) is 3.27. The molecule has 3 rings (SSSR count). The molecule has 116 valence electrons. The molecule has 5 heteroatoms. The van der Waals surface area contributed by atoms with Gasteiger partial charge < -0.3 is 5.32 Å². The molecule has 0 aliphatic carbocycles. The average molecular weight is 308 g/mol. The van der Waals surface area contributed by atoms with Crippen LogP contribution in [0.2, 0.25) is 0 Å². The molecule has 1 aromatic rings. The van der Waals surface area contributed by atoms with Crippen molar-refractivity contribution in [3.8, 4) is 0 Å². The third-order valence-corrected chi connectivity index (χ3v) is 6.62. The second kappa shape index (κ2) is 5.29. The molecular formula is C16H24N2O2S. The van der Waals surface area contributed by atoms with E-state index in [1.165, 1.54) is 0 Å². The first-order valence-electron chi connectivity index (χ1n) is 7.75. The number of anilines is 1. The summed E-state index contributed by atoms with van der Waals surface area (Å²) in [4.78, 5) is 0.449. The maximum absolute atomic E-state index is 12.9. The quantitative estimate of drug-likeness (QED) is 0.914. The van der Waals surface area contributed by atoms with Gasteiger partial charge in [-0.1, -0.05) is 13.8 Å².